The molecule has 0 amide bonds. The van der Waals surface area contributed by atoms with E-state index in [1.807, 2.05) is 0 Å². The Morgan fingerprint density at radius 1 is 1.30 bits per heavy atom. The van der Waals surface area contributed by atoms with Gasteiger partial charge in [-0.25, -0.2) is 4.79 Å². The zero-order chi connectivity index (χ0) is 14.7. The Kier molecular flexibility index (Phi) is 4.14. The minimum Gasteiger partial charge on any atom is -0.507 e. The van der Waals surface area contributed by atoms with Crippen molar-refractivity contribution in [2.75, 3.05) is 20.3 Å². The van der Waals surface area contributed by atoms with Crippen molar-refractivity contribution in [3.63, 3.8) is 0 Å². The van der Waals surface area contributed by atoms with Crippen molar-refractivity contribution < 1.29 is 28.9 Å². The summed E-state index contributed by atoms with van der Waals surface area (Å²) in [6.45, 7) is 0.783. The van der Waals surface area contributed by atoms with E-state index in [4.69, 9.17) is 21.1 Å². The highest BCUT2D eigenvalue weighted by Crippen LogP contribution is 2.37. The number of ether oxygens (including phenoxy) is 3. The van der Waals surface area contributed by atoms with Gasteiger partial charge in [0.25, 0.3) is 5.78 Å². The lowest BCUT2D eigenvalue weighted by Gasteiger charge is -2.19. The number of benzene rings is 1. The number of aliphatic hydroxyl groups excluding tert-OH is 1. The molecule has 7 heteroatoms. The topological polar surface area (TPSA) is 82.1 Å². The van der Waals surface area contributed by atoms with Gasteiger partial charge >= 0.3 is 5.97 Å². The van der Waals surface area contributed by atoms with Crippen molar-refractivity contribution >= 4 is 29.1 Å². The van der Waals surface area contributed by atoms with Crippen LogP contribution in [0.3, 0.4) is 0 Å². The van der Waals surface area contributed by atoms with E-state index < -0.39 is 17.5 Å². The second-order valence-electron chi connectivity index (χ2n) is 3.86. The van der Waals surface area contributed by atoms with Gasteiger partial charge in [-0.2, -0.15) is 0 Å². The summed E-state index contributed by atoms with van der Waals surface area (Å²) < 4.78 is 14.9. The van der Waals surface area contributed by atoms with Crippen LogP contribution in [0.1, 0.15) is 5.56 Å². The van der Waals surface area contributed by atoms with Crippen molar-refractivity contribution in [2.24, 2.45) is 0 Å². The molecule has 1 heterocycles. The van der Waals surface area contributed by atoms with Crippen LogP contribution in [0, 0.1) is 0 Å². The number of hydrogen-bond donors (Lipinski definition) is 1. The fourth-order valence-electron chi connectivity index (χ4n) is 1.62. The second kappa shape index (κ2) is 5.83. The number of carbonyl (C=O) groups is 2. The fourth-order valence-corrected chi connectivity index (χ4v) is 1.87. The maximum Gasteiger partial charge on any atom is 0.378 e. The van der Waals surface area contributed by atoms with Crippen LogP contribution in [0.5, 0.6) is 11.5 Å². The van der Waals surface area contributed by atoms with E-state index >= 15 is 0 Å². The lowest BCUT2D eigenvalue weighted by Crippen LogP contribution is -2.15. The second-order valence-corrected chi connectivity index (χ2v) is 4.27. The van der Waals surface area contributed by atoms with Crippen LogP contribution in [-0.2, 0) is 14.3 Å². The summed E-state index contributed by atoms with van der Waals surface area (Å²) in [6, 6.07) is 2.91. The van der Waals surface area contributed by atoms with E-state index in [0.717, 1.165) is 13.2 Å². The average Bonchev–Trinajstić information content (AvgIpc) is 2.45. The molecule has 0 fully saturated rings. The van der Waals surface area contributed by atoms with Crippen molar-refractivity contribution in [3.8, 4) is 11.5 Å². The summed E-state index contributed by atoms with van der Waals surface area (Å²) in [5, 5.41) is 10.0. The molecule has 0 bridgehead atoms. The molecule has 6 nitrogen and oxygen atoms in total. The molecule has 0 saturated heterocycles. The number of aliphatic hydroxyl groups is 1. The summed E-state index contributed by atoms with van der Waals surface area (Å²) in [5.41, 5.74) is 0.160. The van der Waals surface area contributed by atoms with Crippen molar-refractivity contribution in [3.05, 3.63) is 28.8 Å². The highest BCUT2D eigenvalue weighted by Gasteiger charge is 2.19. The number of fused-ring (bicyclic) bond motifs is 1. The number of esters is 1. The van der Waals surface area contributed by atoms with Crippen molar-refractivity contribution in [1.82, 2.24) is 0 Å². The molecule has 20 heavy (non-hydrogen) atoms. The maximum atomic E-state index is 11.3. The zero-order valence-corrected chi connectivity index (χ0v) is 11.3. The number of methoxy groups -OCH3 is 1. The van der Waals surface area contributed by atoms with Gasteiger partial charge in [-0.05, 0) is 6.07 Å². The minimum absolute atomic E-state index is 0.160. The van der Waals surface area contributed by atoms with Crippen molar-refractivity contribution in [2.45, 2.75) is 0 Å². The van der Waals surface area contributed by atoms with Gasteiger partial charge in [-0.15, -0.1) is 0 Å². The monoisotopic (exact) mass is 298 g/mol. The molecule has 1 aromatic carbocycles. The maximum absolute atomic E-state index is 11.3. The first kappa shape index (κ1) is 14.2. The zero-order valence-electron chi connectivity index (χ0n) is 10.5. The molecule has 0 spiro atoms. The van der Waals surface area contributed by atoms with Gasteiger partial charge in [-0.1, -0.05) is 11.6 Å². The molecule has 1 N–H and O–H groups in total. The van der Waals surface area contributed by atoms with Gasteiger partial charge in [0.1, 0.15) is 19.0 Å². The Hall–Kier alpha value is -2.21. The van der Waals surface area contributed by atoms with E-state index in [-0.39, 0.29) is 10.6 Å². The normalized spacial score (nSPS) is 13.8. The molecule has 1 aliphatic heterocycles. The van der Waals surface area contributed by atoms with Crippen LogP contribution < -0.4 is 9.47 Å². The third kappa shape index (κ3) is 2.85. The number of halogens is 1. The molecule has 0 unspecified atom stereocenters. The molecular weight excluding hydrogens is 288 g/mol. The minimum atomic E-state index is -1.08. The van der Waals surface area contributed by atoms with Crippen LogP contribution in [0.4, 0.5) is 0 Å². The van der Waals surface area contributed by atoms with Gasteiger partial charge < -0.3 is 19.3 Å². The summed E-state index contributed by atoms with van der Waals surface area (Å²) in [6.07, 6.45) is 0.739. The summed E-state index contributed by atoms with van der Waals surface area (Å²) in [7, 11) is 1.07. The Labute approximate surface area is 119 Å². The number of carbonyl (C=O) groups excluding carboxylic acids is 2. The number of rotatable bonds is 3. The molecule has 0 radical (unpaired) electrons. The molecule has 0 saturated carbocycles. The molecule has 0 aromatic heterocycles. The van der Waals surface area contributed by atoms with E-state index in [1.165, 1.54) is 12.1 Å². The van der Waals surface area contributed by atoms with Crippen LogP contribution >= 0.6 is 11.6 Å². The van der Waals surface area contributed by atoms with Crippen LogP contribution in [0.15, 0.2) is 18.2 Å². The van der Waals surface area contributed by atoms with Gasteiger partial charge in [0, 0.05) is 17.7 Å². The first-order valence-corrected chi connectivity index (χ1v) is 6.03. The predicted molar refractivity (Wildman–Crippen MR) is 70.1 cm³/mol. The largest absolute Gasteiger partial charge is 0.507 e. The standard InChI is InChI=1S/C13H11ClO6/c1-18-13(17)10(16)6-9(15)7-4-11-12(5-8(7)14)20-3-2-19-11/h4-6,15H,2-3H2,1H3/b9-6-. The van der Waals surface area contributed by atoms with Gasteiger partial charge in [-0.3, -0.25) is 4.79 Å². The van der Waals surface area contributed by atoms with Crippen LogP contribution in [0.25, 0.3) is 5.76 Å². The molecule has 1 aromatic rings. The first-order chi connectivity index (χ1) is 9.52. The SMILES string of the molecule is COC(=O)C(=O)/C=C(\O)c1cc2c(cc1Cl)OCCO2. The summed E-state index contributed by atoms with van der Waals surface area (Å²) >= 11 is 5.99. The van der Waals surface area contributed by atoms with E-state index in [9.17, 15) is 14.7 Å². The van der Waals surface area contributed by atoms with E-state index in [2.05, 4.69) is 4.74 Å². The van der Waals surface area contributed by atoms with Gasteiger partial charge in [0.2, 0.25) is 0 Å². The summed E-state index contributed by atoms with van der Waals surface area (Å²) in [5.74, 6) is -1.67. The Morgan fingerprint density at radius 2 is 1.90 bits per heavy atom. The lowest BCUT2D eigenvalue weighted by molar-refractivity contribution is -0.149. The molecule has 106 valence electrons. The average molecular weight is 299 g/mol. The number of hydrogen-bond acceptors (Lipinski definition) is 6. The molecule has 2 rings (SSSR count). The van der Waals surface area contributed by atoms with Crippen LogP contribution in [-0.4, -0.2) is 37.2 Å². The van der Waals surface area contributed by atoms with Gasteiger partial charge in [0.05, 0.1) is 12.1 Å². The third-order valence-electron chi connectivity index (χ3n) is 2.56. The number of ketones is 1. The molecule has 0 atom stereocenters. The van der Waals surface area contributed by atoms with Crippen molar-refractivity contribution in [1.29, 1.82) is 0 Å². The highest BCUT2D eigenvalue weighted by molar-refractivity contribution is 6.39. The fraction of sp³-hybridized carbons (Fsp3) is 0.231. The third-order valence-corrected chi connectivity index (χ3v) is 2.87. The Bertz CT molecular complexity index is 593. The first-order valence-electron chi connectivity index (χ1n) is 5.65. The molecule has 0 aliphatic carbocycles. The van der Waals surface area contributed by atoms with Crippen LogP contribution in [0.2, 0.25) is 5.02 Å². The lowest BCUT2D eigenvalue weighted by atomic mass is 10.1. The highest BCUT2D eigenvalue weighted by atomic mass is 35.5. The smallest absolute Gasteiger partial charge is 0.378 e. The summed E-state index contributed by atoms with van der Waals surface area (Å²) in [4.78, 5) is 22.3. The van der Waals surface area contributed by atoms with E-state index in [0.29, 0.717) is 24.7 Å². The van der Waals surface area contributed by atoms with E-state index in [1.54, 1.807) is 0 Å². The predicted octanol–water partition coefficient (Wildman–Crippen LogP) is 1.75. The Balaban J connectivity index is 2.35. The quantitative estimate of drug-likeness (QED) is 0.396. The molecular formula is C13H11ClO6. The Morgan fingerprint density at radius 3 is 2.50 bits per heavy atom. The van der Waals surface area contributed by atoms with Gasteiger partial charge in [0.15, 0.2) is 11.5 Å². The molecule has 1 aliphatic rings.